The maximum Gasteiger partial charge on any atom is 0.303 e. The molecule has 0 aromatic carbocycles. The predicted octanol–water partition coefficient (Wildman–Crippen LogP) is 4.23. The van der Waals surface area contributed by atoms with Gasteiger partial charge in [-0.05, 0) is 37.9 Å². The summed E-state index contributed by atoms with van der Waals surface area (Å²) in [6.07, 6.45) is -1.24. The van der Waals surface area contributed by atoms with E-state index in [1.54, 1.807) is 0 Å². The Kier molecular flexibility index (Phi) is 4.25. The van der Waals surface area contributed by atoms with Crippen LogP contribution < -0.4 is 0 Å². The third-order valence-electron chi connectivity index (χ3n) is 1.70. The summed E-state index contributed by atoms with van der Waals surface area (Å²) >= 11 is 7.25. The summed E-state index contributed by atoms with van der Waals surface area (Å²) in [5.41, 5.74) is -0.166. The second-order valence-corrected chi connectivity index (χ2v) is 6.59. The van der Waals surface area contributed by atoms with Crippen molar-refractivity contribution in [3.05, 3.63) is 19.2 Å². The van der Waals surface area contributed by atoms with Gasteiger partial charge in [-0.1, -0.05) is 0 Å². The van der Waals surface area contributed by atoms with Gasteiger partial charge in [-0.15, -0.1) is 11.3 Å². The number of carboxylic acid groups (broad SMARTS) is 1. The Balaban J connectivity index is 2.85. The molecule has 0 bridgehead atoms. The number of hydrogen-bond acceptors (Lipinski definition) is 2. The van der Waals surface area contributed by atoms with Crippen LogP contribution in [0.15, 0.2) is 13.6 Å². The molecule has 7 heteroatoms. The predicted molar refractivity (Wildman–Crippen MR) is 60.5 cm³/mol. The largest absolute Gasteiger partial charge is 0.481 e. The van der Waals surface area contributed by atoms with Crippen LogP contribution in [-0.4, -0.2) is 11.1 Å². The number of rotatable bonds is 4. The van der Waals surface area contributed by atoms with E-state index in [1.807, 2.05) is 0 Å². The molecule has 0 fully saturated rings. The minimum atomic E-state index is -3.11. The zero-order valence-electron chi connectivity index (χ0n) is 7.27. The van der Waals surface area contributed by atoms with E-state index in [-0.39, 0.29) is 5.56 Å². The average Bonchev–Trinajstić information content (AvgIpc) is 2.43. The van der Waals surface area contributed by atoms with Gasteiger partial charge in [0.2, 0.25) is 0 Å². The van der Waals surface area contributed by atoms with Crippen LogP contribution in [0.2, 0.25) is 0 Å². The van der Waals surface area contributed by atoms with Crippen LogP contribution in [0.3, 0.4) is 0 Å². The first-order valence-electron chi connectivity index (χ1n) is 3.88. The molecular formula is C8H6Br2F2O2S. The van der Waals surface area contributed by atoms with Crippen molar-refractivity contribution in [3.8, 4) is 0 Å². The number of thiophene rings is 1. The summed E-state index contributed by atoms with van der Waals surface area (Å²) in [5, 5.41) is 8.35. The summed E-state index contributed by atoms with van der Waals surface area (Å²) in [7, 11) is 0. The zero-order chi connectivity index (χ0) is 11.6. The van der Waals surface area contributed by atoms with Crippen molar-refractivity contribution >= 4 is 49.2 Å². The Labute approximate surface area is 106 Å². The maximum atomic E-state index is 13.5. The van der Waals surface area contributed by atoms with Crippen molar-refractivity contribution in [2.45, 2.75) is 18.8 Å². The Morgan fingerprint density at radius 2 is 2.13 bits per heavy atom. The first-order valence-corrected chi connectivity index (χ1v) is 6.28. The lowest BCUT2D eigenvalue weighted by Crippen LogP contribution is -2.14. The van der Waals surface area contributed by atoms with Gasteiger partial charge >= 0.3 is 5.97 Å². The molecule has 0 aliphatic carbocycles. The van der Waals surface area contributed by atoms with Crippen LogP contribution in [0.25, 0.3) is 0 Å². The molecule has 0 aliphatic rings. The highest BCUT2D eigenvalue weighted by Gasteiger charge is 2.35. The molecule has 0 unspecified atom stereocenters. The van der Waals surface area contributed by atoms with Gasteiger partial charge in [0.05, 0.1) is 14.0 Å². The summed E-state index contributed by atoms with van der Waals surface area (Å²) in [6, 6.07) is 1.30. The molecule has 0 spiro atoms. The van der Waals surface area contributed by atoms with E-state index >= 15 is 0 Å². The van der Waals surface area contributed by atoms with Crippen LogP contribution in [0.1, 0.15) is 18.4 Å². The molecule has 0 atom stereocenters. The normalized spacial score (nSPS) is 11.7. The van der Waals surface area contributed by atoms with E-state index in [0.717, 1.165) is 11.3 Å². The SMILES string of the molecule is O=C(O)CCC(F)(F)c1cc(Br)sc1Br. The highest BCUT2D eigenvalue weighted by Crippen LogP contribution is 2.43. The van der Waals surface area contributed by atoms with Gasteiger partial charge < -0.3 is 5.11 Å². The molecule has 1 N–H and O–H groups in total. The fourth-order valence-electron chi connectivity index (χ4n) is 0.988. The molecule has 0 saturated carbocycles. The van der Waals surface area contributed by atoms with E-state index in [9.17, 15) is 13.6 Å². The first kappa shape index (κ1) is 13.1. The van der Waals surface area contributed by atoms with Crippen molar-refractivity contribution < 1.29 is 18.7 Å². The van der Waals surface area contributed by atoms with Crippen LogP contribution in [0.5, 0.6) is 0 Å². The van der Waals surface area contributed by atoms with Crippen molar-refractivity contribution in [1.29, 1.82) is 0 Å². The van der Waals surface area contributed by atoms with Crippen molar-refractivity contribution in [2.24, 2.45) is 0 Å². The van der Waals surface area contributed by atoms with Crippen molar-refractivity contribution in [3.63, 3.8) is 0 Å². The minimum absolute atomic E-state index is 0.166. The van der Waals surface area contributed by atoms with E-state index in [1.165, 1.54) is 6.07 Å². The number of halogens is 4. The van der Waals surface area contributed by atoms with Crippen molar-refractivity contribution in [2.75, 3.05) is 0 Å². The lowest BCUT2D eigenvalue weighted by atomic mass is 10.1. The molecule has 0 aliphatic heterocycles. The second kappa shape index (κ2) is 4.88. The highest BCUT2D eigenvalue weighted by molar-refractivity contribution is 9.12. The van der Waals surface area contributed by atoms with Crippen LogP contribution in [0, 0.1) is 0 Å². The fraction of sp³-hybridized carbons (Fsp3) is 0.375. The number of carbonyl (C=O) groups is 1. The molecule has 1 aromatic rings. The molecule has 1 rings (SSSR count). The second-order valence-electron chi connectivity index (χ2n) is 2.84. The lowest BCUT2D eigenvalue weighted by Gasteiger charge is -2.14. The lowest BCUT2D eigenvalue weighted by molar-refractivity contribution is -0.139. The number of alkyl halides is 2. The van der Waals surface area contributed by atoms with Gasteiger partial charge in [0.1, 0.15) is 0 Å². The Morgan fingerprint density at radius 1 is 1.53 bits per heavy atom. The Morgan fingerprint density at radius 3 is 2.53 bits per heavy atom. The third-order valence-corrected chi connectivity index (χ3v) is 4.04. The van der Waals surface area contributed by atoms with Gasteiger partial charge in [-0.25, -0.2) is 8.78 Å². The summed E-state index contributed by atoms with van der Waals surface area (Å²) in [5.74, 6) is -4.33. The smallest absolute Gasteiger partial charge is 0.303 e. The van der Waals surface area contributed by atoms with E-state index in [0.29, 0.717) is 7.57 Å². The number of aliphatic carboxylic acids is 1. The summed E-state index contributed by atoms with van der Waals surface area (Å²) in [6.45, 7) is 0. The molecule has 1 aromatic heterocycles. The van der Waals surface area contributed by atoms with E-state index in [2.05, 4.69) is 31.9 Å². The molecular weight excluding hydrogens is 358 g/mol. The summed E-state index contributed by atoms with van der Waals surface area (Å²) < 4.78 is 27.9. The van der Waals surface area contributed by atoms with Gasteiger partial charge in [0, 0.05) is 12.0 Å². The molecule has 2 nitrogen and oxygen atoms in total. The van der Waals surface area contributed by atoms with Gasteiger partial charge in [0.25, 0.3) is 5.92 Å². The molecule has 1 heterocycles. The minimum Gasteiger partial charge on any atom is -0.481 e. The van der Waals surface area contributed by atoms with Crippen LogP contribution in [0.4, 0.5) is 8.78 Å². The monoisotopic (exact) mass is 362 g/mol. The van der Waals surface area contributed by atoms with Gasteiger partial charge in [-0.3, -0.25) is 4.79 Å². The Hall–Kier alpha value is -0.0100. The highest BCUT2D eigenvalue weighted by atomic mass is 79.9. The zero-order valence-corrected chi connectivity index (χ0v) is 11.3. The first-order chi connectivity index (χ1) is 6.83. The summed E-state index contributed by atoms with van der Waals surface area (Å²) in [4.78, 5) is 10.2. The topological polar surface area (TPSA) is 37.3 Å². The van der Waals surface area contributed by atoms with Gasteiger partial charge in [-0.2, -0.15) is 0 Å². The quantitative estimate of drug-likeness (QED) is 0.869. The molecule has 0 radical (unpaired) electrons. The fourth-order valence-corrected chi connectivity index (χ4v) is 3.95. The van der Waals surface area contributed by atoms with Crippen LogP contribution in [-0.2, 0) is 10.7 Å². The van der Waals surface area contributed by atoms with Gasteiger partial charge in [0.15, 0.2) is 0 Å². The molecule has 84 valence electrons. The Bertz CT molecular complexity index is 379. The maximum absolute atomic E-state index is 13.5. The number of hydrogen-bond donors (Lipinski definition) is 1. The molecule has 0 amide bonds. The number of carboxylic acids is 1. The van der Waals surface area contributed by atoms with Crippen molar-refractivity contribution in [1.82, 2.24) is 0 Å². The van der Waals surface area contributed by atoms with E-state index < -0.39 is 24.7 Å². The van der Waals surface area contributed by atoms with E-state index in [4.69, 9.17) is 5.11 Å². The molecule has 15 heavy (non-hydrogen) atoms. The molecule has 0 saturated heterocycles. The van der Waals surface area contributed by atoms with Crippen LogP contribution >= 0.6 is 43.2 Å². The average molecular weight is 364 g/mol. The third kappa shape index (κ3) is 3.49. The standard InChI is InChI=1S/C8H6Br2F2O2S/c9-5-3-4(7(10)15-5)8(11,12)2-1-6(13)14/h3H,1-2H2,(H,13,14).